The highest BCUT2D eigenvalue weighted by Gasteiger charge is 2.25. The van der Waals surface area contributed by atoms with Gasteiger partial charge in [-0.25, -0.2) is 22.9 Å². The summed E-state index contributed by atoms with van der Waals surface area (Å²) in [4.78, 5) is 18.0. The SMILES string of the molecule is CCOc1ccc(NC(=O)N(C)c2nc(C)c(S(=O)(=O)NC(C)C)s2)cc1. The van der Waals surface area contributed by atoms with E-state index in [1.54, 1.807) is 45.0 Å². The van der Waals surface area contributed by atoms with Gasteiger partial charge in [0.1, 0.15) is 5.75 Å². The second kappa shape index (κ2) is 8.68. The molecule has 0 unspecified atom stereocenters. The molecule has 0 saturated carbocycles. The highest BCUT2D eigenvalue weighted by atomic mass is 32.2. The number of ether oxygens (including phenoxy) is 1. The van der Waals surface area contributed by atoms with Gasteiger partial charge in [0.05, 0.1) is 12.3 Å². The highest BCUT2D eigenvalue weighted by Crippen LogP contribution is 2.29. The van der Waals surface area contributed by atoms with Gasteiger partial charge < -0.3 is 10.1 Å². The summed E-state index contributed by atoms with van der Waals surface area (Å²) < 4.78 is 32.7. The molecular weight excluding hydrogens is 388 g/mol. The molecule has 0 bridgehead atoms. The number of carbonyl (C=O) groups excluding carboxylic acids is 1. The van der Waals surface area contributed by atoms with E-state index in [1.807, 2.05) is 6.92 Å². The number of amides is 2. The number of aromatic nitrogens is 1. The molecule has 0 saturated heterocycles. The maximum atomic E-state index is 12.5. The largest absolute Gasteiger partial charge is 0.494 e. The maximum absolute atomic E-state index is 12.5. The molecule has 0 atom stereocenters. The topological polar surface area (TPSA) is 101 Å². The Hall–Kier alpha value is -2.17. The van der Waals surface area contributed by atoms with Crippen LogP contribution in [0.15, 0.2) is 28.5 Å². The number of sulfonamides is 1. The molecule has 0 spiro atoms. The summed E-state index contributed by atoms with van der Waals surface area (Å²) in [7, 11) is -2.13. The summed E-state index contributed by atoms with van der Waals surface area (Å²) in [5.41, 5.74) is 0.946. The van der Waals surface area contributed by atoms with E-state index in [9.17, 15) is 13.2 Å². The number of rotatable bonds is 7. The first-order valence-electron chi connectivity index (χ1n) is 8.41. The van der Waals surface area contributed by atoms with Crippen LogP contribution < -0.4 is 19.7 Å². The van der Waals surface area contributed by atoms with E-state index in [4.69, 9.17) is 4.74 Å². The molecule has 0 radical (unpaired) electrons. The molecule has 0 aliphatic carbocycles. The zero-order chi connectivity index (χ0) is 20.2. The minimum Gasteiger partial charge on any atom is -0.494 e. The summed E-state index contributed by atoms with van der Waals surface area (Å²) >= 11 is 0.948. The monoisotopic (exact) mass is 412 g/mol. The van der Waals surface area contributed by atoms with E-state index < -0.39 is 16.1 Å². The van der Waals surface area contributed by atoms with Crippen LogP contribution in [0.25, 0.3) is 0 Å². The van der Waals surface area contributed by atoms with Gasteiger partial charge in [-0.2, -0.15) is 0 Å². The van der Waals surface area contributed by atoms with Crippen molar-refractivity contribution in [3.8, 4) is 5.75 Å². The fourth-order valence-corrected chi connectivity index (χ4v) is 4.95. The Kier molecular flexibility index (Phi) is 6.79. The lowest BCUT2D eigenvalue weighted by Crippen LogP contribution is -2.31. The van der Waals surface area contributed by atoms with Crippen molar-refractivity contribution in [3.63, 3.8) is 0 Å². The van der Waals surface area contributed by atoms with E-state index in [2.05, 4.69) is 15.0 Å². The summed E-state index contributed by atoms with van der Waals surface area (Å²) in [6.45, 7) is 7.55. The molecule has 8 nitrogen and oxygen atoms in total. The van der Waals surface area contributed by atoms with E-state index in [-0.39, 0.29) is 10.3 Å². The molecule has 2 aromatic rings. The molecule has 1 heterocycles. The molecule has 2 N–H and O–H groups in total. The van der Waals surface area contributed by atoms with Gasteiger partial charge in [-0.05, 0) is 52.0 Å². The molecule has 1 aromatic carbocycles. The molecule has 1 aromatic heterocycles. The lowest BCUT2D eigenvalue weighted by Gasteiger charge is -2.15. The summed E-state index contributed by atoms with van der Waals surface area (Å²) in [6, 6.07) is 6.32. The number of hydrogen-bond donors (Lipinski definition) is 2. The maximum Gasteiger partial charge on any atom is 0.327 e. The Labute approximate surface area is 163 Å². The average Bonchev–Trinajstić information content (AvgIpc) is 2.98. The number of nitrogens with one attached hydrogen (secondary N) is 2. The van der Waals surface area contributed by atoms with Gasteiger partial charge >= 0.3 is 6.03 Å². The first-order chi connectivity index (χ1) is 12.6. The lowest BCUT2D eigenvalue weighted by molar-refractivity contribution is 0.258. The molecule has 10 heteroatoms. The predicted molar refractivity (Wildman–Crippen MR) is 107 cm³/mol. The number of thiazole rings is 1. The van der Waals surface area contributed by atoms with Gasteiger partial charge in [0.2, 0.25) is 0 Å². The normalized spacial score (nSPS) is 11.5. The van der Waals surface area contributed by atoms with Crippen LogP contribution in [-0.2, 0) is 10.0 Å². The number of hydrogen-bond acceptors (Lipinski definition) is 6. The third-order valence-corrected chi connectivity index (χ3v) is 6.89. The molecule has 0 aliphatic rings. The molecule has 2 rings (SSSR count). The van der Waals surface area contributed by atoms with E-state index in [0.717, 1.165) is 11.3 Å². The Morgan fingerprint density at radius 2 is 1.93 bits per heavy atom. The van der Waals surface area contributed by atoms with Crippen molar-refractivity contribution in [2.45, 2.75) is 37.9 Å². The Morgan fingerprint density at radius 1 is 1.30 bits per heavy atom. The third-order valence-electron chi connectivity index (χ3n) is 3.39. The Bertz CT molecular complexity index is 892. The minimum absolute atomic E-state index is 0.104. The molecule has 2 amide bonds. The second-order valence-corrected chi connectivity index (χ2v) is 8.98. The third kappa shape index (κ3) is 5.41. The van der Waals surface area contributed by atoms with Crippen LogP contribution in [0.3, 0.4) is 0 Å². The van der Waals surface area contributed by atoms with Crippen molar-refractivity contribution in [1.82, 2.24) is 9.71 Å². The number of nitrogens with zero attached hydrogens (tertiary/aromatic N) is 2. The number of aryl methyl sites for hydroxylation is 1. The summed E-state index contributed by atoms with van der Waals surface area (Å²) in [6.07, 6.45) is 0. The lowest BCUT2D eigenvalue weighted by atomic mass is 10.3. The van der Waals surface area contributed by atoms with Crippen molar-refractivity contribution in [2.24, 2.45) is 0 Å². The smallest absolute Gasteiger partial charge is 0.327 e. The van der Waals surface area contributed by atoms with Crippen LogP contribution in [0.2, 0.25) is 0 Å². The standard InChI is InChI=1S/C17H24N4O4S2/c1-6-25-14-9-7-13(8-10-14)19-16(22)21(5)17-18-12(4)15(26-17)27(23,24)20-11(2)3/h7-11,20H,6H2,1-5H3,(H,19,22). The summed E-state index contributed by atoms with van der Waals surface area (Å²) in [5, 5.41) is 3.03. The van der Waals surface area contributed by atoms with Gasteiger partial charge in [0.25, 0.3) is 10.0 Å². The van der Waals surface area contributed by atoms with E-state index in [0.29, 0.717) is 28.9 Å². The van der Waals surface area contributed by atoms with E-state index in [1.165, 1.54) is 11.9 Å². The zero-order valence-electron chi connectivity index (χ0n) is 15.9. The number of carbonyl (C=O) groups is 1. The number of benzene rings is 1. The van der Waals surface area contributed by atoms with Crippen LogP contribution in [0.5, 0.6) is 5.75 Å². The van der Waals surface area contributed by atoms with Crippen molar-refractivity contribution >= 4 is 38.2 Å². The first-order valence-corrected chi connectivity index (χ1v) is 10.7. The van der Waals surface area contributed by atoms with Gasteiger partial charge in [-0.15, -0.1) is 0 Å². The van der Waals surface area contributed by atoms with Crippen LogP contribution in [0, 0.1) is 6.92 Å². The molecular formula is C17H24N4O4S2. The zero-order valence-corrected chi connectivity index (χ0v) is 17.6. The van der Waals surface area contributed by atoms with Gasteiger partial charge in [-0.1, -0.05) is 11.3 Å². The Morgan fingerprint density at radius 3 is 2.48 bits per heavy atom. The van der Waals surface area contributed by atoms with E-state index >= 15 is 0 Å². The fraction of sp³-hybridized carbons (Fsp3) is 0.412. The van der Waals surface area contributed by atoms with Crippen molar-refractivity contribution in [2.75, 3.05) is 23.9 Å². The van der Waals surface area contributed by atoms with Gasteiger partial charge in [-0.3, -0.25) is 4.90 Å². The van der Waals surface area contributed by atoms with Crippen molar-refractivity contribution in [1.29, 1.82) is 0 Å². The number of urea groups is 1. The van der Waals surface area contributed by atoms with Crippen molar-refractivity contribution < 1.29 is 17.9 Å². The van der Waals surface area contributed by atoms with Crippen LogP contribution in [-0.4, -0.2) is 39.1 Å². The molecule has 0 fully saturated rings. The van der Waals surface area contributed by atoms with Gasteiger partial charge in [0.15, 0.2) is 9.34 Å². The highest BCUT2D eigenvalue weighted by molar-refractivity contribution is 7.91. The fourth-order valence-electron chi connectivity index (χ4n) is 2.22. The van der Waals surface area contributed by atoms with Crippen molar-refractivity contribution in [3.05, 3.63) is 30.0 Å². The predicted octanol–water partition coefficient (Wildman–Crippen LogP) is 3.21. The van der Waals surface area contributed by atoms with Gasteiger partial charge in [0, 0.05) is 18.8 Å². The van der Waals surface area contributed by atoms with Crippen LogP contribution in [0.4, 0.5) is 15.6 Å². The quantitative estimate of drug-likeness (QED) is 0.727. The summed E-state index contributed by atoms with van der Waals surface area (Å²) in [5.74, 6) is 0.715. The minimum atomic E-state index is -3.66. The number of anilines is 2. The first kappa shape index (κ1) is 21.1. The second-order valence-electron chi connectivity index (χ2n) is 6.09. The molecule has 27 heavy (non-hydrogen) atoms. The molecule has 0 aliphatic heterocycles. The molecule has 148 valence electrons. The average molecular weight is 413 g/mol. The van der Waals surface area contributed by atoms with Crippen LogP contribution >= 0.6 is 11.3 Å². The van der Waals surface area contributed by atoms with Crippen LogP contribution in [0.1, 0.15) is 26.5 Å². The Balaban J connectivity index is 2.14.